The summed E-state index contributed by atoms with van der Waals surface area (Å²) < 4.78 is 7.05. The number of hydrogen-bond donors (Lipinski definition) is 0. The number of piperazine rings is 1. The summed E-state index contributed by atoms with van der Waals surface area (Å²) in [5.41, 5.74) is 1.17. The van der Waals surface area contributed by atoms with Crippen molar-refractivity contribution in [2.24, 2.45) is 0 Å². The van der Waals surface area contributed by atoms with E-state index >= 15 is 0 Å². The van der Waals surface area contributed by atoms with E-state index in [-0.39, 0.29) is 17.9 Å². The molecule has 0 N–H and O–H groups in total. The van der Waals surface area contributed by atoms with Crippen LogP contribution >= 0.6 is 0 Å². The van der Waals surface area contributed by atoms with Crippen molar-refractivity contribution >= 4 is 11.8 Å². The van der Waals surface area contributed by atoms with Crippen LogP contribution in [0.25, 0.3) is 5.69 Å². The molecular weight excluding hydrogens is 334 g/mol. The summed E-state index contributed by atoms with van der Waals surface area (Å²) in [5.74, 6) is -0.110. The van der Waals surface area contributed by atoms with Crippen LogP contribution in [0.5, 0.6) is 0 Å². The van der Waals surface area contributed by atoms with Gasteiger partial charge in [-0.3, -0.25) is 9.59 Å². The molecule has 0 spiro atoms. The van der Waals surface area contributed by atoms with Gasteiger partial charge in [-0.15, -0.1) is 5.10 Å². The molecule has 4 rings (SSSR count). The minimum absolute atomic E-state index is 0.0459. The average Bonchev–Trinajstić information content (AvgIpc) is 3.40. The lowest BCUT2D eigenvalue weighted by Crippen LogP contribution is -2.52. The Balaban J connectivity index is 1.36. The van der Waals surface area contributed by atoms with E-state index in [2.05, 4.69) is 10.3 Å². The zero-order valence-corrected chi connectivity index (χ0v) is 14.5. The van der Waals surface area contributed by atoms with Gasteiger partial charge in [-0.05, 0) is 25.0 Å². The van der Waals surface area contributed by atoms with Crippen molar-refractivity contribution in [3.05, 3.63) is 42.2 Å². The van der Waals surface area contributed by atoms with Crippen molar-refractivity contribution < 1.29 is 14.3 Å². The monoisotopic (exact) mass is 355 g/mol. The van der Waals surface area contributed by atoms with Gasteiger partial charge in [0, 0.05) is 32.8 Å². The molecular formula is C18H21N5O3. The number of aromatic nitrogens is 3. The molecule has 1 atom stereocenters. The largest absolute Gasteiger partial charge is 0.368 e. The highest BCUT2D eigenvalue weighted by Gasteiger charge is 2.32. The number of carbonyl (C=O) groups is 2. The molecule has 0 radical (unpaired) electrons. The molecule has 26 heavy (non-hydrogen) atoms. The smallest absolute Gasteiger partial charge is 0.276 e. The maximum Gasteiger partial charge on any atom is 0.276 e. The van der Waals surface area contributed by atoms with Crippen LogP contribution in [0.3, 0.4) is 0 Å². The molecule has 2 amide bonds. The second-order valence-electron chi connectivity index (χ2n) is 6.50. The van der Waals surface area contributed by atoms with Crippen LogP contribution in [-0.4, -0.2) is 75.5 Å². The summed E-state index contributed by atoms with van der Waals surface area (Å²) in [7, 11) is 0. The summed E-state index contributed by atoms with van der Waals surface area (Å²) in [6.07, 6.45) is 3.07. The number of carbonyl (C=O) groups excluding carboxylic acids is 2. The topological polar surface area (TPSA) is 80.6 Å². The van der Waals surface area contributed by atoms with Crippen LogP contribution in [-0.2, 0) is 9.53 Å². The third kappa shape index (κ3) is 3.32. The normalized spacial score (nSPS) is 20.4. The SMILES string of the molecule is O=C(c1cn(-c2ccccc2)nn1)N1CCN(C(=O)[C@@H]2CCCO2)CC1. The molecule has 3 heterocycles. The third-order valence-corrected chi connectivity index (χ3v) is 4.82. The van der Waals surface area contributed by atoms with Gasteiger partial charge in [0.2, 0.25) is 0 Å². The molecule has 0 saturated carbocycles. The molecule has 8 nitrogen and oxygen atoms in total. The summed E-state index contributed by atoms with van der Waals surface area (Å²) in [6, 6.07) is 9.53. The maximum atomic E-state index is 12.7. The van der Waals surface area contributed by atoms with Gasteiger partial charge in [-0.1, -0.05) is 23.4 Å². The Morgan fingerprint density at radius 3 is 2.46 bits per heavy atom. The Labute approximate surface area is 151 Å². The highest BCUT2D eigenvalue weighted by Crippen LogP contribution is 2.16. The van der Waals surface area contributed by atoms with Crippen LogP contribution in [0.1, 0.15) is 23.3 Å². The molecule has 136 valence electrons. The van der Waals surface area contributed by atoms with Gasteiger partial charge < -0.3 is 14.5 Å². The first-order chi connectivity index (χ1) is 12.7. The number of benzene rings is 1. The number of rotatable bonds is 3. The predicted octanol–water partition coefficient (Wildman–Crippen LogP) is 0.731. The van der Waals surface area contributed by atoms with Crippen LogP contribution in [0.15, 0.2) is 36.5 Å². The van der Waals surface area contributed by atoms with Crippen LogP contribution in [0.4, 0.5) is 0 Å². The fourth-order valence-corrected chi connectivity index (χ4v) is 3.34. The third-order valence-electron chi connectivity index (χ3n) is 4.82. The van der Waals surface area contributed by atoms with Crippen LogP contribution < -0.4 is 0 Å². The van der Waals surface area contributed by atoms with E-state index < -0.39 is 0 Å². The molecule has 8 heteroatoms. The number of hydrogen-bond acceptors (Lipinski definition) is 5. The lowest BCUT2D eigenvalue weighted by molar-refractivity contribution is -0.142. The number of amides is 2. The Kier molecular flexibility index (Phi) is 4.66. The standard InChI is InChI=1S/C18H21N5O3/c24-17(15-13-23(20-19-15)14-5-2-1-3-6-14)21-8-10-22(11-9-21)18(25)16-7-4-12-26-16/h1-3,5-6,13,16H,4,7-12H2/t16-/m0/s1. The fourth-order valence-electron chi connectivity index (χ4n) is 3.34. The van der Waals surface area contributed by atoms with E-state index in [0.717, 1.165) is 18.5 Å². The molecule has 0 aliphatic carbocycles. The Morgan fingerprint density at radius 1 is 1.04 bits per heavy atom. The van der Waals surface area contributed by atoms with Gasteiger partial charge >= 0.3 is 0 Å². The second-order valence-corrected chi connectivity index (χ2v) is 6.50. The van der Waals surface area contributed by atoms with E-state index in [1.807, 2.05) is 30.3 Å². The van der Waals surface area contributed by atoms with Gasteiger partial charge in [-0.2, -0.15) is 0 Å². The number of para-hydroxylation sites is 1. The zero-order chi connectivity index (χ0) is 17.9. The highest BCUT2D eigenvalue weighted by atomic mass is 16.5. The Morgan fingerprint density at radius 2 is 1.77 bits per heavy atom. The van der Waals surface area contributed by atoms with Crippen LogP contribution in [0, 0.1) is 0 Å². The first-order valence-electron chi connectivity index (χ1n) is 8.90. The minimum atomic E-state index is -0.303. The Bertz CT molecular complexity index is 777. The lowest BCUT2D eigenvalue weighted by atomic mass is 10.2. The van der Waals surface area contributed by atoms with Crippen molar-refractivity contribution in [1.29, 1.82) is 0 Å². The van der Waals surface area contributed by atoms with E-state index in [9.17, 15) is 9.59 Å². The van der Waals surface area contributed by atoms with Crippen molar-refractivity contribution in [3.8, 4) is 5.69 Å². The predicted molar refractivity (Wildman–Crippen MR) is 92.8 cm³/mol. The highest BCUT2D eigenvalue weighted by molar-refractivity contribution is 5.92. The Hall–Kier alpha value is -2.74. The fraction of sp³-hybridized carbons (Fsp3) is 0.444. The van der Waals surface area contributed by atoms with Crippen molar-refractivity contribution in [2.75, 3.05) is 32.8 Å². The second kappa shape index (κ2) is 7.25. The molecule has 2 fully saturated rings. The summed E-state index contributed by atoms with van der Waals surface area (Å²) >= 11 is 0. The minimum Gasteiger partial charge on any atom is -0.368 e. The van der Waals surface area contributed by atoms with E-state index in [0.29, 0.717) is 38.5 Å². The number of ether oxygens (including phenoxy) is 1. The summed E-state index contributed by atoms with van der Waals surface area (Å²) in [5, 5.41) is 8.04. The van der Waals surface area contributed by atoms with Gasteiger partial charge in [-0.25, -0.2) is 4.68 Å². The van der Waals surface area contributed by atoms with Crippen molar-refractivity contribution in [3.63, 3.8) is 0 Å². The number of nitrogens with zero attached hydrogens (tertiary/aromatic N) is 5. The lowest BCUT2D eigenvalue weighted by Gasteiger charge is -2.35. The maximum absolute atomic E-state index is 12.7. The summed E-state index contributed by atoms with van der Waals surface area (Å²) in [4.78, 5) is 28.6. The molecule has 2 aromatic rings. The molecule has 0 bridgehead atoms. The van der Waals surface area contributed by atoms with Crippen LogP contribution in [0.2, 0.25) is 0 Å². The molecule has 1 aromatic carbocycles. The van der Waals surface area contributed by atoms with E-state index in [1.54, 1.807) is 20.7 Å². The van der Waals surface area contributed by atoms with Gasteiger partial charge in [0.15, 0.2) is 5.69 Å². The van der Waals surface area contributed by atoms with E-state index in [1.165, 1.54) is 0 Å². The van der Waals surface area contributed by atoms with Gasteiger partial charge in [0.05, 0.1) is 11.9 Å². The molecule has 1 aromatic heterocycles. The zero-order valence-electron chi connectivity index (χ0n) is 14.5. The first-order valence-corrected chi connectivity index (χ1v) is 8.90. The quantitative estimate of drug-likeness (QED) is 0.811. The van der Waals surface area contributed by atoms with Crippen molar-refractivity contribution in [2.45, 2.75) is 18.9 Å². The molecule has 0 unspecified atom stereocenters. The first kappa shape index (κ1) is 16.7. The van der Waals surface area contributed by atoms with Gasteiger partial charge in [0.25, 0.3) is 11.8 Å². The van der Waals surface area contributed by atoms with Crippen molar-refractivity contribution in [1.82, 2.24) is 24.8 Å². The molecule has 2 aliphatic heterocycles. The summed E-state index contributed by atoms with van der Waals surface area (Å²) in [6.45, 7) is 2.70. The van der Waals surface area contributed by atoms with Gasteiger partial charge in [0.1, 0.15) is 6.10 Å². The average molecular weight is 355 g/mol. The van der Waals surface area contributed by atoms with E-state index in [4.69, 9.17) is 4.74 Å². The molecule has 2 saturated heterocycles. The molecule has 2 aliphatic rings.